The van der Waals surface area contributed by atoms with Gasteiger partial charge in [-0.05, 0) is 58.5 Å². The highest BCUT2D eigenvalue weighted by molar-refractivity contribution is 9.11. The van der Waals surface area contributed by atoms with Crippen molar-refractivity contribution in [3.05, 3.63) is 37.3 Å². The van der Waals surface area contributed by atoms with E-state index in [1.54, 1.807) is 24.5 Å². The molecule has 0 amide bonds. The molecule has 0 fully saturated rings. The molecule has 2 rings (SSSR count). The lowest BCUT2D eigenvalue weighted by Gasteiger charge is -2.15. The maximum absolute atomic E-state index is 12.6. The van der Waals surface area contributed by atoms with Crippen molar-refractivity contribution in [3.8, 4) is 0 Å². The molecular formula is C13H17BrN2O2S3. The molecule has 2 aromatic heterocycles. The molecule has 0 spiro atoms. The lowest BCUT2D eigenvalue weighted by Crippen LogP contribution is -2.25. The van der Waals surface area contributed by atoms with E-state index >= 15 is 0 Å². The molecule has 0 unspecified atom stereocenters. The van der Waals surface area contributed by atoms with Gasteiger partial charge < -0.3 is 5.32 Å². The largest absolute Gasteiger partial charge is 0.315 e. The molecule has 0 radical (unpaired) electrons. The number of hydrogen-bond donors (Lipinski definition) is 1. The Bertz CT molecular complexity index is 722. The fraction of sp³-hybridized carbons (Fsp3) is 0.385. The molecule has 116 valence electrons. The fourth-order valence-electron chi connectivity index (χ4n) is 1.88. The predicted octanol–water partition coefficient (Wildman–Crippen LogP) is 3.42. The first kappa shape index (κ1) is 17.1. The lowest BCUT2D eigenvalue weighted by molar-refractivity contribution is 0.469. The molecule has 4 nitrogen and oxygen atoms in total. The van der Waals surface area contributed by atoms with Crippen LogP contribution in [0.3, 0.4) is 0 Å². The van der Waals surface area contributed by atoms with Gasteiger partial charge in [-0.15, -0.1) is 22.7 Å². The number of sulfonamides is 1. The zero-order valence-electron chi connectivity index (χ0n) is 12.0. The maximum atomic E-state index is 12.6. The molecular weight excluding hydrogens is 392 g/mol. The second-order valence-electron chi connectivity index (χ2n) is 4.72. The molecule has 0 saturated carbocycles. The number of nitrogens with one attached hydrogen (secondary N) is 1. The SMILES string of the molecule is CNCc1sc(S(=O)(=O)N(C)Cc2csc(Br)c2)cc1C. The average molecular weight is 409 g/mol. The van der Waals surface area contributed by atoms with E-state index in [2.05, 4.69) is 21.2 Å². The average Bonchev–Trinajstić information content (AvgIpc) is 2.97. The molecule has 0 atom stereocenters. The second-order valence-corrected chi connectivity index (χ2v) is 10.4. The van der Waals surface area contributed by atoms with Crippen LogP contribution in [0.2, 0.25) is 0 Å². The summed E-state index contributed by atoms with van der Waals surface area (Å²) in [5.41, 5.74) is 2.00. The van der Waals surface area contributed by atoms with Gasteiger partial charge in [-0.25, -0.2) is 8.42 Å². The summed E-state index contributed by atoms with van der Waals surface area (Å²) in [5.74, 6) is 0. The number of rotatable bonds is 6. The van der Waals surface area contributed by atoms with Crippen LogP contribution in [0.15, 0.2) is 25.5 Å². The van der Waals surface area contributed by atoms with Gasteiger partial charge in [-0.2, -0.15) is 4.31 Å². The maximum Gasteiger partial charge on any atom is 0.252 e. The minimum absolute atomic E-state index is 0.378. The molecule has 0 bridgehead atoms. The third-order valence-corrected chi connectivity index (χ3v) is 8.07. The van der Waals surface area contributed by atoms with Gasteiger partial charge in [0.15, 0.2) is 0 Å². The molecule has 0 aliphatic carbocycles. The van der Waals surface area contributed by atoms with Crippen LogP contribution in [0, 0.1) is 6.92 Å². The Kier molecular flexibility index (Phi) is 5.61. The molecule has 0 aliphatic heterocycles. The zero-order chi connectivity index (χ0) is 15.6. The summed E-state index contributed by atoms with van der Waals surface area (Å²) < 4.78 is 28.1. The minimum atomic E-state index is -3.43. The van der Waals surface area contributed by atoms with Crippen LogP contribution in [-0.2, 0) is 23.1 Å². The van der Waals surface area contributed by atoms with Gasteiger partial charge in [0.05, 0.1) is 3.79 Å². The molecule has 1 N–H and O–H groups in total. The number of halogens is 1. The number of hydrogen-bond acceptors (Lipinski definition) is 5. The van der Waals surface area contributed by atoms with E-state index in [0.29, 0.717) is 17.3 Å². The summed E-state index contributed by atoms with van der Waals surface area (Å²) >= 11 is 6.29. The first-order valence-electron chi connectivity index (χ1n) is 6.27. The van der Waals surface area contributed by atoms with Crippen molar-refractivity contribution in [2.75, 3.05) is 14.1 Å². The lowest BCUT2D eigenvalue weighted by atomic mass is 10.3. The molecule has 8 heteroatoms. The second kappa shape index (κ2) is 6.89. The van der Waals surface area contributed by atoms with Crippen molar-refractivity contribution >= 4 is 48.6 Å². The van der Waals surface area contributed by atoms with Gasteiger partial charge in [-0.3, -0.25) is 0 Å². The summed E-state index contributed by atoms with van der Waals surface area (Å²) in [7, 11) is 0.0393. The summed E-state index contributed by atoms with van der Waals surface area (Å²) in [6.07, 6.45) is 0. The molecule has 21 heavy (non-hydrogen) atoms. The Balaban J connectivity index is 2.22. The smallest absolute Gasteiger partial charge is 0.252 e. The van der Waals surface area contributed by atoms with Crippen LogP contribution in [0.5, 0.6) is 0 Å². The summed E-state index contributed by atoms with van der Waals surface area (Å²) in [5, 5.41) is 5.02. The monoisotopic (exact) mass is 408 g/mol. The Hall–Kier alpha value is -0.250. The van der Waals surface area contributed by atoms with Crippen LogP contribution in [0.4, 0.5) is 0 Å². The Labute approximate surface area is 142 Å². The van der Waals surface area contributed by atoms with Crippen molar-refractivity contribution in [2.24, 2.45) is 0 Å². The minimum Gasteiger partial charge on any atom is -0.315 e. The van der Waals surface area contributed by atoms with Crippen molar-refractivity contribution < 1.29 is 8.42 Å². The molecule has 0 saturated heterocycles. The van der Waals surface area contributed by atoms with E-state index in [0.717, 1.165) is 19.8 Å². The van der Waals surface area contributed by atoms with Gasteiger partial charge in [0.1, 0.15) is 4.21 Å². The quantitative estimate of drug-likeness (QED) is 0.796. The van der Waals surface area contributed by atoms with Gasteiger partial charge in [-0.1, -0.05) is 0 Å². The van der Waals surface area contributed by atoms with Gasteiger partial charge in [0, 0.05) is 25.0 Å². The van der Waals surface area contributed by atoms with Crippen molar-refractivity contribution in [3.63, 3.8) is 0 Å². The molecule has 2 heterocycles. The van der Waals surface area contributed by atoms with Crippen molar-refractivity contribution in [1.82, 2.24) is 9.62 Å². The third kappa shape index (κ3) is 3.94. The Morgan fingerprint density at radius 3 is 2.67 bits per heavy atom. The van der Waals surface area contributed by atoms with Gasteiger partial charge in [0.25, 0.3) is 10.0 Å². The van der Waals surface area contributed by atoms with E-state index in [1.807, 2.05) is 25.4 Å². The summed E-state index contributed by atoms with van der Waals surface area (Å²) in [6, 6.07) is 3.70. The highest BCUT2D eigenvalue weighted by atomic mass is 79.9. The van der Waals surface area contributed by atoms with Crippen LogP contribution < -0.4 is 5.32 Å². The zero-order valence-corrected chi connectivity index (χ0v) is 16.0. The van der Waals surface area contributed by atoms with E-state index in [1.165, 1.54) is 15.6 Å². The van der Waals surface area contributed by atoms with E-state index in [4.69, 9.17) is 0 Å². The van der Waals surface area contributed by atoms with Crippen LogP contribution >= 0.6 is 38.6 Å². The third-order valence-electron chi connectivity index (χ3n) is 3.03. The fourth-order valence-corrected chi connectivity index (χ4v) is 6.05. The summed E-state index contributed by atoms with van der Waals surface area (Å²) in [6.45, 7) is 3.01. The van der Waals surface area contributed by atoms with Crippen molar-refractivity contribution in [2.45, 2.75) is 24.2 Å². The summed E-state index contributed by atoms with van der Waals surface area (Å²) in [4.78, 5) is 1.06. The molecule has 2 aromatic rings. The highest BCUT2D eigenvalue weighted by Crippen LogP contribution is 2.29. The van der Waals surface area contributed by atoms with Gasteiger partial charge in [0.2, 0.25) is 0 Å². The van der Waals surface area contributed by atoms with Crippen LogP contribution in [-0.4, -0.2) is 26.8 Å². The first-order chi connectivity index (χ1) is 9.84. The normalized spacial score (nSPS) is 12.2. The number of nitrogens with zero attached hydrogens (tertiary/aromatic N) is 1. The Morgan fingerprint density at radius 1 is 1.38 bits per heavy atom. The van der Waals surface area contributed by atoms with Crippen LogP contribution in [0.25, 0.3) is 0 Å². The first-order valence-corrected chi connectivity index (χ1v) is 10.2. The Morgan fingerprint density at radius 2 is 2.10 bits per heavy atom. The number of aryl methyl sites for hydroxylation is 1. The topological polar surface area (TPSA) is 49.4 Å². The molecule has 0 aliphatic rings. The van der Waals surface area contributed by atoms with E-state index < -0.39 is 10.0 Å². The van der Waals surface area contributed by atoms with E-state index in [-0.39, 0.29) is 0 Å². The predicted molar refractivity (Wildman–Crippen MR) is 92.5 cm³/mol. The molecule has 0 aromatic carbocycles. The van der Waals surface area contributed by atoms with Gasteiger partial charge >= 0.3 is 0 Å². The number of thiophene rings is 2. The van der Waals surface area contributed by atoms with Crippen LogP contribution in [0.1, 0.15) is 16.0 Å². The standard InChI is InChI=1S/C13H17BrN2O2S3/c1-9-4-13(20-11(9)6-15-2)21(17,18)16(3)7-10-5-12(14)19-8-10/h4-5,8,15H,6-7H2,1-3H3. The van der Waals surface area contributed by atoms with Crippen molar-refractivity contribution in [1.29, 1.82) is 0 Å². The van der Waals surface area contributed by atoms with E-state index in [9.17, 15) is 8.42 Å². The highest BCUT2D eigenvalue weighted by Gasteiger charge is 2.24.